The van der Waals surface area contributed by atoms with Gasteiger partial charge in [0, 0.05) is 17.6 Å². The molecule has 0 saturated carbocycles. The number of amides is 1. The topological polar surface area (TPSA) is 65.7 Å². The average Bonchev–Trinajstić information content (AvgIpc) is 3.01. The number of aliphatic imine (C=N–C) groups is 1. The van der Waals surface area contributed by atoms with Crippen molar-refractivity contribution in [3.63, 3.8) is 0 Å². The van der Waals surface area contributed by atoms with E-state index >= 15 is 0 Å². The van der Waals surface area contributed by atoms with Crippen molar-refractivity contribution in [2.75, 3.05) is 0 Å². The van der Waals surface area contributed by atoms with Gasteiger partial charge in [0.2, 0.25) is 0 Å². The van der Waals surface area contributed by atoms with Crippen LogP contribution >= 0.6 is 11.8 Å². The number of thioether (sulfide) groups is 1. The van der Waals surface area contributed by atoms with Crippen molar-refractivity contribution in [1.29, 1.82) is 5.26 Å². The number of carbonyl (C=O) groups excluding carboxylic acids is 1. The van der Waals surface area contributed by atoms with E-state index in [1.807, 2.05) is 76.2 Å². The highest BCUT2D eigenvalue weighted by Crippen LogP contribution is 2.34. The minimum atomic E-state index is -0.0113. The fourth-order valence-corrected chi connectivity index (χ4v) is 4.21. The summed E-state index contributed by atoms with van der Waals surface area (Å²) in [5, 5.41) is 9.93. The summed E-state index contributed by atoms with van der Waals surface area (Å²) in [7, 11) is 0. The summed E-state index contributed by atoms with van der Waals surface area (Å²) < 4.78 is 5.82. The first kappa shape index (κ1) is 21.7. The molecule has 0 unspecified atom stereocenters. The molecule has 0 aliphatic carbocycles. The third kappa shape index (κ3) is 5.11. The minimum Gasteiger partial charge on any atom is -0.489 e. The molecule has 0 bridgehead atoms. The standard InChI is InChI=1S/C24H25N3O2S/c1-16(2)26-24-27(17(3)4)23(28)22(30-24)13-18-9-11-21(12-10-18)29-15-20-8-6-5-7-19(20)14-25/h5-13,16-17H,15H2,1-4H3/b22-13+,26-24?. The molecule has 0 aromatic heterocycles. The highest BCUT2D eigenvalue weighted by Gasteiger charge is 2.35. The molecule has 1 fully saturated rings. The van der Waals surface area contributed by atoms with E-state index in [0.29, 0.717) is 22.8 Å². The average molecular weight is 420 g/mol. The van der Waals surface area contributed by atoms with E-state index < -0.39 is 0 Å². The van der Waals surface area contributed by atoms with Crippen LogP contribution in [0.1, 0.15) is 44.4 Å². The van der Waals surface area contributed by atoms with Crippen molar-refractivity contribution in [2.45, 2.75) is 46.4 Å². The van der Waals surface area contributed by atoms with Crippen LogP contribution in [-0.2, 0) is 11.4 Å². The van der Waals surface area contributed by atoms with Crippen LogP contribution in [0.25, 0.3) is 6.08 Å². The number of hydrogen-bond acceptors (Lipinski definition) is 5. The van der Waals surface area contributed by atoms with Gasteiger partial charge in [-0.3, -0.25) is 14.7 Å². The Morgan fingerprint density at radius 3 is 2.47 bits per heavy atom. The summed E-state index contributed by atoms with van der Waals surface area (Å²) in [5.41, 5.74) is 2.39. The molecule has 3 rings (SSSR count). The molecule has 1 aliphatic rings. The number of hydrogen-bond donors (Lipinski definition) is 0. The number of nitrogens with zero attached hydrogens (tertiary/aromatic N) is 3. The zero-order valence-electron chi connectivity index (χ0n) is 17.6. The van der Waals surface area contributed by atoms with Crippen LogP contribution in [0.3, 0.4) is 0 Å². The molecule has 2 aromatic carbocycles. The van der Waals surface area contributed by atoms with E-state index in [9.17, 15) is 10.1 Å². The molecular formula is C24H25N3O2S. The Hall–Kier alpha value is -3.04. The SMILES string of the molecule is CC(C)N=C1S/C(=C/c2ccc(OCc3ccccc3C#N)cc2)C(=O)N1C(C)C. The van der Waals surface area contributed by atoms with Crippen LogP contribution < -0.4 is 4.74 Å². The lowest BCUT2D eigenvalue weighted by Crippen LogP contribution is -2.35. The quantitative estimate of drug-likeness (QED) is 0.602. The van der Waals surface area contributed by atoms with Crippen molar-refractivity contribution < 1.29 is 9.53 Å². The molecule has 0 radical (unpaired) electrons. The molecule has 1 aliphatic heterocycles. The predicted molar refractivity (Wildman–Crippen MR) is 122 cm³/mol. The van der Waals surface area contributed by atoms with Gasteiger partial charge in [0.1, 0.15) is 12.4 Å². The van der Waals surface area contributed by atoms with Gasteiger partial charge in [-0.15, -0.1) is 0 Å². The molecule has 0 spiro atoms. The summed E-state index contributed by atoms with van der Waals surface area (Å²) in [6.45, 7) is 8.33. The van der Waals surface area contributed by atoms with Gasteiger partial charge in [-0.1, -0.05) is 30.3 Å². The number of ether oxygens (including phenoxy) is 1. The van der Waals surface area contributed by atoms with Crippen LogP contribution in [-0.4, -0.2) is 28.1 Å². The minimum absolute atomic E-state index is 0.0113. The van der Waals surface area contributed by atoms with Gasteiger partial charge >= 0.3 is 0 Å². The number of amidine groups is 1. The van der Waals surface area contributed by atoms with Gasteiger partial charge < -0.3 is 4.74 Å². The van der Waals surface area contributed by atoms with Gasteiger partial charge in [0.25, 0.3) is 5.91 Å². The van der Waals surface area contributed by atoms with Crippen LogP contribution in [0.5, 0.6) is 5.75 Å². The molecular weight excluding hydrogens is 394 g/mol. The smallest absolute Gasteiger partial charge is 0.266 e. The Morgan fingerprint density at radius 2 is 1.83 bits per heavy atom. The predicted octanol–water partition coefficient (Wildman–Crippen LogP) is 5.23. The van der Waals surface area contributed by atoms with E-state index in [1.54, 1.807) is 11.0 Å². The van der Waals surface area contributed by atoms with Crippen LogP contribution in [0.15, 0.2) is 58.4 Å². The molecule has 30 heavy (non-hydrogen) atoms. The summed E-state index contributed by atoms with van der Waals surface area (Å²) in [5.74, 6) is 0.698. The lowest BCUT2D eigenvalue weighted by Gasteiger charge is -2.20. The second kappa shape index (κ2) is 9.64. The van der Waals surface area contributed by atoms with E-state index in [4.69, 9.17) is 4.74 Å². The molecule has 5 nitrogen and oxygen atoms in total. The molecule has 0 atom stereocenters. The van der Waals surface area contributed by atoms with Crippen LogP contribution in [0.4, 0.5) is 0 Å². The monoisotopic (exact) mass is 419 g/mol. The molecule has 6 heteroatoms. The fourth-order valence-electron chi connectivity index (χ4n) is 2.98. The van der Waals surface area contributed by atoms with E-state index in [2.05, 4.69) is 11.1 Å². The molecule has 154 valence electrons. The molecule has 1 amide bonds. The largest absolute Gasteiger partial charge is 0.489 e. The number of rotatable bonds is 6. The van der Waals surface area contributed by atoms with E-state index in [0.717, 1.165) is 16.3 Å². The van der Waals surface area contributed by atoms with Crippen molar-refractivity contribution in [1.82, 2.24) is 4.90 Å². The van der Waals surface area contributed by atoms with E-state index in [-0.39, 0.29) is 18.0 Å². The fraction of sp³-hybridized carbons (Fsp3) is 0.292. The Morgan fingerprint density at radius 1 is 1.13 bits per heavy atom. The van der Waals surface area contributed by atoms with Gasteiger partial charge in [-0.25, -0.2) is 0 Å². The van der Waals surface area contributed by atoms with Gasteiger partial charge in [0.15, 0.2) is 5.17 Å². The third-order valence-corrected chi connectivity index (χ3v) is 5.43. The second-order valence-corrected chi connectivity index (χ2v) is 8.52. The zero-order valence-corrected chi connectivity index (χ0v) is 18.4. The Kier molecular flexibility index (Phi) is 6.96. The highest BCUT2D eigenvalue weighted by atomic mass is 32.2. The lowest BCUT2D eigenvalue weighted by molar-refractivity contribution is -0.123. The van der Waals surface area contributed by atoms with E-state index in [1.165, 1.54) is 11.8 Å². The van der Waals surface area contributed by atoms with Crippen molar-refractivity contribution >= 4 is 28.9 Å². The van der Waals surface area contributed by atoms with Gasteiger partial charge in [-0.05, 0) is 69.3 Å². The van der Waals surface area contributed by atoms with Crippen molar-refractivity contribution in [3.8, 4) is 11.8 Å². The lowest BCUT2D eigenvalue weighted by atomic mass is 10.1. The summed E-state index contributed by atoms with van der Waals surface area (Å²) in [6.07, 6.45) is 1.89. The van der Waals surface area contributed by atoms with Gasteiger partial charge in [-0.2, -0.15) is 5.26 Å². The first-order valence-electron chi connectivity index (χ1n) is 9.91. The number of nitriles is 1. The maximum Gasteiger partial charge on any atom is 0.266 e. The Balaban J connectivity index is 1.72. The van der Waals surface area contributed by atoms with Crippen molar-refractivity contribution in [2.24, 2.45) is 4.99 Å². The van der Waals surface area contributed by atoms with Gasteiger partial charge in [0.05, 0.1) is 16.5 Å². The molecule has 1 saturated heterocycles. The first-order valence-corrected chi connectivity index (χ1v) is 10.7. The maximum atomic E-state index is 12.8. The molecule has 2 aromatic rings. The highest BCUT2D eigenvalue weighted by molar-refractivity contribution is 8.18. The third-order valence-electron chi connectivity index (χ3n) is 4.43. The maximum absolute atomic E-state index is 12.8. The molecule has 0 N–H and O–H groups in total. The number of benzene rings is 2. The van der Waals surface area contributed by atoms with Crippen LogP contribution in [0, 0.1) is 11.3 Å². The van der Waals surface area contributed by atoms with Crippen LogP contribution in [0.2, 0.25) is 0 Å². The summed E-state index contributed by atoms with van der Waals surface area (Å²) in [4.78, 5) is 19.9. The normalized spacial score (nSPS) is 16.7. The molecule has 1 heterocycles. The second-order valence-electron chi connectivity index (χ2n) is 7.51. The Bertz CT molecular complexity index is 1020. The zero-order chi connectivity index (χ0) is 21.7. The first-order chi connectivity index (χ1) is 14.4. The van der Waals surface area contributed by atoms with Crippen molar-refractivity contribution in [3.05, 3.63) is 70.1 Å². The summed E-state index contributed by atoms with van der Waals surface area (Å²) in [6, 6.07) is 17.3. The summed E-state index contributed by atoms with van der Waals surface area (Å²) >= 11 is 1.42. The Labute approximate surface area is 182 Å². The number of carbonyl (C=O) groups is 1.